The van der Waals surface area contributed by atoms with Crippen molar-refractivity contribution in [1.82, 2.24) is 0 Å². The van der Waals surface area contributed by atoms with E-state index in [1.54, 1.807) is 19.3 Å². The molecular weight excluding hydrogens is 560 g/mol. The maximum atomic E-state index is 13.8. The molecule has 0 aromatic heterocycles. The van der Waals surface area contributed by atoms with Crippen LogP contribution in [0.4, 0.5) is 0 Å². The van der Waals surface area contributed by atoms with Crippen LogP contribution in [0, 0.1) is 20.8 Å². The Balaban J connectivity index is 1.42. The molecule has 5 nitrogen and oxygen atoms in total. The molecule has 0 atom stereocenters. The van der Waals surface area contributed by atoms with Crippen molar-refractivity contribution in [2.24, 2.45) is 0 Å². The van der Waals surface area contributed by atoms with Crippen LogP contribution in [-0.4, -0.2) is 12.9 Å². The molecule has 0 radical (unpaired) electrons. The Morgan fingerprint density at radius 2 is 1.11 bits per heavy atom. The normalized spacial score (nSPS) is 10.9. The third-order valence-electron chi connectivity index (χ3n) is 7.75. The monoisotopic (exact) mass is 598 g/mol. The minimum absolute atomic E-state index is 0.185. The number of ketones is 1. The third-order valence-corrected chi connectivity index (χ3v) is 7.75. The second-order valence-corrected chi connectivity index (χ2v) is 10.8. The van der Waals surface area contributed by atoms with Gasteiger partial charge in [0.15, 0.2) is 5.78 Å². The summed E-state index contributed by atoms with van der Waals surface area (Å²) in [5.74, 6) is 2.36. The molecule has 0 unspecified atom stereocenters. The lowest BCUT2D eigenvalue weighted by Gasteiger charge is -2.20. The van der Waals surface area contributed by atoms with Gasteiger partial charge in [-0.1, -0.05) is 91.0 Å². The van der Waals surface area contributed by atoms with Crippen molar-refractivity contribution in [2.75, 3.05) is 7.11 Å². The maximum absolute atomic E-state index is 13.8. The number of allylic oxidation sites excluding steroid dienone is 1. The van der Waals surface area contributed by atoms with Gasteiger partial charge in [-0.25, -0.2) is 0 Å². The highest BCUT2D eigenvalue weighted by Crippen LogP contribution is 2.39. The average Bonchev–Trinajstić information content (AvgIpc) is 3.08. The molecule has 0 aliphatic heterocycles. The highest BCUT2D eigenvalue weighted by molar-refractivity contribution is 6.10. The summed E-state index contributed by atoms with van der Waals surface area (Å²) in [5, 5.41) is 0. The topological polar surface area (TPSA) is 54.0 Å². The summed E-state index contributed by atoms with van der Waals surface area (Å²) in [6, 6.07) is 35.6. The summed E-state index contributed by atoms with van der Waals surface area (Å²) < 4.78 is 24.4. The van der Waals surface area contributed by atoms with Gasteiger partial charge in [0.2, 0.25) is 0 Å². The first kappa shape index (κ1) is 31.1. The van der Waals surface area contributed by atoms with Crippen LogP contribution in [0.5, 0.6) is 23.0 Å². The van der Waals surface area contributed by atoms with Gasteiger partial charge in [0, 0.05) is 17.2 Å². The van der Waals surface area contributed by atoms with Crippen LogP contribution in [-0.2, 0) is 19.8 Å². The van der Waals surface area contributed by atoms with Crippen LogP contribution < -0.4 is 18.9 Å². The summed E-state index contributed by atoms with van der Waals surface area (Å²) in [7, 11) is 1.59. The minimum Gasteiger partial charge on any atom is -0.496 e. The first-order valence-electron chi connectivity index (χ1n) is 15.0. The molecule has 0 spiro atoms. The Morgan fingerprint density at radius 3 is 1.67 bits per heavy atom. The highest BCUT2D eigenvalue weighted by atomic mass is 16.5. The molecule has 0 aliphatic carbocycles. The Kier molecular flexibility index (Phi) is 10.3. The number of methoxy groups -OCH3 is 1. The molecule has 45 heavy (non-hydrogen) atoms. The van der Waals surface area contributed by atoms with Gasteiger partial charge in [0.05, 0.1) is 12.7 Å². The van der Waals surface area contributed by atoms with Crippen LogP contribution in [0.3, 0.4) is 0 Å². The Morgan fingerprint density at radius 1 is 0.600 bits per heavy atom. The summed E-state index contributed by atoms with van der Waals surface area (Å²) in [6.45, 7) is 7.07. The number of hydrogen-bond acceptors (Lipinski definition) is 5. The zero-order valence-electron chi connectivity index (χ0n) is 26.2. The lowest BCUT2D eigenvalue weighted by molar-refractivity contribution is 0.104. The van der Waals surface area contributed by atoms with Crippen molar-refractivity contribution >= 4 is 11.9 Å². The van der Waals surface area contributed by atoms with Crippen molar-refractivity contribution in [1.29, 1.82) is 0 Å². The molecule has 0 heterocycles. The molecule has 5 aromatic rings. The Hall–Kier alpha value is -5.29. The zero-order valence-corrected chi connectivity index (χ0v) is 26.2. The minimum atomic E-state index is -0.185. The van der Waals surface area contributed by atoms with E-state index in [1.807, 2.05) is 130 Å². The second-order valence-electron chi connectivity index (χ2n) is 10.8. The molecule has 0 saturated heterocycles. The van der Waals surface area contributed by atoms with Crippen LogP contribution in [0.2, 0.25) is 0 Å². The molecule has 0 fully saturated rings. The van der Waals surface area contributed by atoms with Gasteiger partial charge in [-0.05, 0) is 72.9 Å². The second kappa shape index (κ2) is 14.9. The fourth-order valence-electron chi connectivity index (χ4n) is 5.18. The highest BCUT2D eigenvalue weighted by Gasteiger charge is 2.23. The van der Waals surface area contributed by atoms with Gasteiger partial charge in [-0.3, -0.25) is 4.79 Å². The van der Waals surface area contributed by atoms with E-state index < -0.39 is 0 Å². The first-order valence-corrected chi connectivity index (χ1v) is 15.0. The summed E-state index contributed by atoms with van der Waals surface area (Å²) in [4.78, 5) is 13.8. The number of carbonyl (C=O) groups excluding carboxylic acids is 1. The number of benzene rings is 5. The summed E-state index contributed by atoms with van der Waals surface area (Å²) >= 11 is 0. The van der Waals surface area contributed by atoms with Crippen molar-refractivity contribution in [3.8, 4) is 23.0 Å². The maximum Gasteiger partial charge on any atom is 0.190 e. The van der Waals surface area contributed by atoms with E-state index in [0.717, 1.165) is 38.9 Å². The van der Waals surface area contributed by atoms with Crippen molar-refractivity contribution in [3.05, 3.63) is 160 Å². The summed E-state index contributed by atoms with van der Waals surface area (Å²) in [6.07, 6.45) is 3.35. The standard InChI is InChI=1S/C40H38O5/c1-28-29(2)40(42-4)38(30(3)39(28)45-27-33-18-12-7-13-19-33)36(41)23-21-34-20-22-35(43-25-31-14-8-5-9-15-31)24-37(34)44-26-32-16-10-6-11-17-32/h5-24H,25-27H2,1-4H3. The number of carbonyl (C=O) groups is 1. The Labute approximate surface area is 265 Å². The number of ether oxygens (including phenoxy) is 4. The van der Waals surface area contributed by atoms with E-state index in [1.165, 1.54) is 0 Å². The molecule has 0 amide bonds. The van der Waals surface area contributed by atoms with Crippen LogP contribution in [0.1, 0.15) is 49.3 Å². The molecule has 5 aromatic carbocycles. The van der Waals surface area contributed by atoms with Gasteiger partial charge in [0.25, 0.3) is 0 Å². The van der Waals surface area contributed by atoms with E-state index in [-0.39, 0.29) is 5.78 Å². The molecular formula is C40H38O5. The largest absolute Gasteiger partial charge is 0.496 e. The quantitative estimate of drug-likeness (QED) is 0.0999. The first-order chi connectivity index (χ1) is 21.9. The fourth-order valence-corrected chi connectivity index (χ4v) is 5.18. The van der Waals surface area contributed by atoms with Gasteiger partial charge in [0.1, 0.15) is 42.8 Å². The fraction of sp³-hybridized carbons (Fsp3) is 0.175. The molecule has 5 heteroatoms. The van der Waals surface area contributed by atoms with E-state index in [2.05, 4.69) is 0 Å². The van der Waals surface area contributed by atoms with Gasteiger partial charge >= 0.3 is 0 Å². The SMILES string of the molecule is COc1c(C)c(C)c(OCc2ccccc2)c(C)c1C(=O)C=Cc1ccc(OCc2ccccc2)cc1OCc1ccccc1. The molecule has 5 rings (SSSR count). The molecule has 0 N–H and O–H groups in total. The zero-order chi connectivity index (χ0) is 31.6. The smallest absolute Gasteiger partial charge is 0.190 e. The molecule has 0 aliphatic rings. The van der Waals surface area contributed by atoms with Gasteiger partial charge < -0.3 is 18.9 Å². The van der Waals surface area contributed by atoms with Crippen molar-refractivity contribution in [2.45, 2.75) is 40.6 Å². The molecule has 228 valence electrons. The number of hydrogen-bond donors (Lipinski definition) is 0. The lowest BCUT2D eigenvalue weighted by atomic mass is 9.94. The van der Waals surface area contributed by atoms with Crippen LogP contribution in [0.15, 0.2) is 115 Å². The lowest BCUT2D eigenvalue weighted by Crippen LogP contribution is -2.09. The average molecular weight is 599 g/mol. The predicted octanol–water partition coefficient (Wildman–Crippen LogP) is 9.25. The van der Waals surface area contributed by atoms with Gasteiger partial charge in [-0.15, -0.1) is 0 Å². The molecule has 0 saturated carbocycles. The predicted molar refractivity (Wildman–Crippen MR) is 179 cm³/mol. The van der Waals surface area contributed by atoms with E-state index in [0.29, 0.717) is 48.4 Å². The number of rotatable bonds is 13. The Bertz CT molecular complexity index is 1760. The van der Waals surface area contributed by atoms with Crippen molar-refractivity contribution < 1.29 is 23.7 Å². The van der Waals surface area contributed by atoms with Crippen LogP contribution in [0.25, 0.3) is 6.08 Å². The van der Waals surface area contributed by atoms with Gasteiger partial charge in [-0.2, -0.15) is 0 Å². The molecule has 0 bridgehead atoms. The van der Waals surface area contributed by atoms with Crippen molar-refractivity contribution in [3.63, 3.8) is 0 Å². The summed E-state index contributed by atoms with van der Waals surface area (Å²) in [5.41, 5.74) is 6.96. The van der Waals surface area contributed by atoms with Crippen LogP contribution >= 0.6 is 0 Å². The third kappa shape index (κ3) is 7.81. The van der Waals surface area contributed by atoms with E-state index in [9.17, 15) is 4.79 Å². The van der Waals surface area contributed by atoms with E-state index >= 15 is 0 Å². The van der Waals surface area contributed by atoms with E-state index in [4.69, 9.17) is 18.9 Å².